The maximum atomic E-state index is 11.7. The first-order chi connectivity index (χ1) is 8.99. The third-order valence-corrected chi connectivity index (χ3v) is 4.46. The molecule has 0 amide bonds. The van der Waals surface area contributed by atoms with E-state index in [4.69, 9.17) is 14.2 Å². The molecule has 19 heavy (non-hydrogen) atoms. The highest BCUT2D eigenvalue weighted by atomic mass is 16.6. The molecule has 0 aromatic carbocycles. The van der Waals surface area contributed by atoms with Crippen molar-refractivity contribution in [3.8, 4) is 0 Å². The molecule has 3 rings (SSSR count). The SMILES string of the molecule is CC(=O)O[C@@H]1[C@@H]2C[C@@H](OC(C)=O)[C@H]1[C@H]1COC(=O)[C@@H]21. The second-order valence-corrected chi connectivity index (χ2v) is 5.52. The molecule has 1 saturated heterocycles. The van der Waals surface area contributed by atoms with Crippen LogP contribution in [0.2, 0.25) is 0 Å². The first kappa shape index (κ1) is 12.4. The Balaban J connectivity index is 1.85. The zero-order valence-electron chi connectivity index (χ0n) is 10.8. The second kappa shape index (κ2) is 4.21. The normalized spacial score (nSPS) is 42.7. The van der Waals surface area contributed by atoms with E-state index in [2.05, 4.69) is 0 Å². The van der Waals surface area contributed by atoms with Gasteiger partial charge in [-0.3, -0.25) is 14.4 Å². The van der Waals surface area contributed by atoms with Crippen LogP contribution < -0.4 is 0 Å². The summed E-state index contributed by atoms with van der Waals surface area (Å²) in [5.74, 6) is -1.33. The Hall–Kier alpha value is -1.59. The van der Waals surface area contributed by atoms with Crippen LogP contribution in [0.15, 0.2) is 0 Å². The second-order valence-electron chi connectivity index (χ2n) is 5.52. The highest BCUT2D eigenvalue weighted by Gasteiger charge is 2.66. The van der Waals surface area contributed by atoms with Gasteiger partial charge < -0.3 is 14.2 Å². The van der Waals surface area contributed by atoms with Gasteiger partial charge in [0.15, 0.2) is 0 Å². The van der Waals surface area contributed by atoms with Crippen LogP contribution in [0.4, 0.5) is 0 Å². The molecule has 6 nitrogen and oxygen atoms in total. The Morgan fingerprint density at radius 2 is 1.84 bits per heavy atom. The maximum Gasteiger partial charge on any atom is 0.309 e. The number of ether oxygens (including phenoxy) is 3. The molecule has 2 aliphatic carbocycles. The number of hydrogen-bond acceptors (Lipinski definition) is 6. The van der Waals surface area contributed by atoms with Crippen molar-refractivity contribution in [1.29, 1.82) is 0 Å². The van der Waals surface area contributed by atoms with Crippen molar-refractivity contribution in [2.75, 3.05) is 6.61 Å². The zero-order valence-corrected chi connectivity index (χ0v) is 10.8. The van der Waals surface area contributed by atoms with Gasteiger partial charge in [-0.05, 0) is 6.42 Å². The molecule has 6 atom stereocenters. The molecule has 3 fully saturated rings. The van der Waals surface area contributed by atoms with Crippen LogP contribution in [-0.4, -0.2) is 36.7 Å². The first-order valence-electron chi connectivity index (χ1n) is 6.50. The molecule has 2 saturated carbocycles. The number of carbonyl (C=O) groups is 3. The van der Waals surface area contributed by atoms with E-state index in [9.17, 15) is 14.4 Å². The third kappa shape index (κ3) is 1.81. The highest BCUT2D eigenvalue weighted by Crippen LogP contribution is 2.57. The van der Waals surface area contributed by atoms with Gasteiger partial charge in [-0.15, -0.1) is 0 Å². The molecule has 0 N–H and O–H groups in total. The van der Waals surface area contributed by atoms with E-state index in [1.807, 2.05) is 0 Å². The summed E-state index contributed by atoms with van der Waals surface area (Å²) in [6, 6.07) is 0. The lowest BCUT2D eigenvalue weighted by Crippen LogP contribution is -2.35. The molecule has 1 aliphatic heterocycles. The fourth-order valence-electron chi connectivity index (χ4n) is 4.02. The van der Waals surface area contributed by atoms with Crippen molar-refractivity contribution in [1.82, 2.24) is 0 Å². The Morgan fingerprint density at radius 1 is 1.16 bits per heavy atom. The average molecular weight is 268 g/mol. The third-order valence-electron chi connectivity index (χ3n) is 4.46. The molecular weight excluding hydrogens is 252 g/mol. The van der Waals surface area contributed by atoms with Crippen LogP contribution >= 0.6 is 0 Å². The number of cyclic esters (lactones) is 1. The van der Waals surface area contributed by atoms with E-state index in [1.165, 1.54) is 13.8 Å². The molecule has 0 radical (unpaired) electrons. The Labute approximate surface area is 110 Å². The molecule has 0 aromatic heterocycles. The number of hydrogen-bond donors (Lipinski definition) is 0. The zero-order chi connectivity index (χ0) is 13.7. The molecule has 3 aliphatic rings. The fourth-order valence-corrected chi connectivity index (χ4v) is 4.02. The van der Waals surface area contributed by atoms with Crippen LogP contribution in [0.3, 0.4) is 0 Å². The molecule has 104 valence electrons. The number of esters is 3. The molecule has 0 unspecified atom stereocenters. The topological polar surface area (TPSA) is 78.9 Å². The van der Waals surface area contributed by atoms with E-state index in [0.717, 1.165) is 0 Å². The average Bonchev–Trinajstić information content (AvgIpc) is 2.89. The van der Waals surface area contributed by atoms with E-state index < -0.39 is 0 Å². The molecule has 6 heteroatoms. The van der Waals surface area contributed by atoms with Crippen LogP contribution in [0, 0.1) is 23.7 Å². The summed E-state index contributed by atoms with van der Waals surface area (Å²) in [7, 11) is 0. The largest absolute Gasteiger partial charge is 0.465 e. The molecule has 0 aromatic rings. The van der Waals surface area contributed by atoms with Gasteiger partial charge in [-0.25, -0.2) is 0 Å². The lowest BCUT2D eigenvalue weighted by Gasteiger charge is -2.27. The summed E-state index contributed by atoms with van der Waals surface area (Å²) >= 11 is 0. The van der Waals surface area contributed by atoms with Gasteiger partial charge in [0.25, 0.3) is 0 Å². The fraction of sp³-hybridized carbons (Fsp3) is 0.769. The highest BCUT2D eigenvalue weighted by molar-refractivity contribution is 5.77. The van der Waals surface area contributed by atoms with Crippen molar-refractivity contribution in [2.45, 2.75) is 32.5 Å². The van der Waals surface area contributed by atoms with E-state index in [0.29, 0.717) is 13.0 Å². The minimum absolute atomic E-state index is 0.0000463. The van der Waals surface area contributed by atoms with Crippen molar-refractivity contribution in [3.63, 3.8) is 0 Å². The van der Waals surface area contributed by atoms with Gasteiger partial charge in [0.1, 0.15) is 12.2 Å². The Morgan fingerprint density at radius 3 is 2.47 bits per heavy atom. The number of rotatable bonds is 2. The molecular formula is C13H16O6. The minimum Gasteiger partial charge on any atom is -0.465 e. The van der Waals surface area contributed by atoms with E-state index in [-0.39, 0.29) is 53.8 Å². The first-order valence-corrected chi connectivity index (χ1v) is 6.50. The molecule has 2 bridgehead atoms. The van der Waals surface area contributed by atoms with Gasteiger partial charge in [-0.2, -0.15) is 0 Å². The Bertz CT molecular complexity index is 444. The number of fused-ring (bicyclic) bond motifs is 5. The minimum atomic E-state index is -0.364. The molecule has 1 heterocycles. The Kier molecular flexibility index (Phi) is 2.76. The van der Waals surface area contributed by atoms with Gasteiger partial charge in [0.2, 0.25) is 0 Å². The van der Waals surface area contributed by atoms with Crippen molar-refractivity contribution < 1.29 is 28.6 Å². The number of carbonyl (C=O) groups excluding carboxylic acids is 3. The van der Waals surface area contributed by atoms with Crippen LogP contribution in [0.25, 0.3) is 0 Å². The quantitative estimate of drug-likeness (QED) is 0.529. The predicted octanol–water partition coefficient (Wildman–Crippen LogP) is 0.289. The lowest BCUT2D eigenvalue weighted by atomic mass is 9.80. The predicted molar refractivity (Wildman–Crippen MR) is 60.6 cm³/mol. The van der Waals surface area contributed by atoms with Crippen LogP contribution in [0.1, 0.15) is 20.3 Å². The van der Waals surface area contributed by atoms with Gasteiger partial charge in [-0.1, -0.05) is 0 Å². The summed E-state index contributed by atoms with van der Waals surface area (Å²) in [5, 5.41) is 0. The maximum absolute atomic E-state index is 11.7. The summed E-state index contributed by atoms with van der Waals surface area (Å²) in [4.78, 5) is 34.1. The van der Waals surface area contributed by atoms with Crippen LogP contribution in [-0.2, 0) is 28.6 Å². The monoisotopic (exact) mass is 268 g/mol. The van der Waals surface area contributed by atoms with Crippen molar-refractivity contribution in [2.24, 2.45) is 23.7 Å². The van der Waals surface area contributed by atoms with E-state index >= 15 is 0 Å². The summed E-state index contributed by atoms with van der Waals surface area (Å²) in [6.07, 6.45) is -0.0364. The smallest absolute Gasteiger partial charge is 0.309 e. The van der Waals surface area contributed by atoms with Crippen molar-refractivity contribution in [3.05, 3.63) is 0 Å². The van der Waals surface area contributed by atoms with Gasteiger partial charge >= 0.3 is 17.9 Å². The molecule has 0 spiro atoms. The van der Waals surface area contributed by atoms with Crippen LogP contribution in [0.5, 0.6) is 0 Å². The summed E-state index contributed by atoms with van der Waals surface area (Å²) < 4.78 is 15.7. The summed E-state index contributed by atoms with van der Waals surface area (Å²) in [5.41, 5.74) is 0. The van der Waals surface area contributed by atoms with Gasteiger partial charge in [0, 0.05) is 31.6 Å². The van der Waals surface area contributed by atoms with Gasteiger partial charge in [0.05, 0.1) is 12.5 Å². The lowest BCUT2D eigenvalue weighted by molar-refractivity contribution is -0.155. The summed E-state index contributed by atoms with van der Waals surface area (Å²) in [6.45, 7) is 3.05. The van der Waals surface area contributed by atoms with Crippen molar-refractivity contribution >= 4 is 17.9 Å². The standard InChI is InChI=1S/C13H16O6/c1-5(14)18-9-3-7-10-8(4-17-13(10)16)11(9)12(7)19-6(2)15/h7-12H,3-4H2,1-2H3/t7-,8+,9-,10+,11-,12-/m1/s1. The van der Waals surface area contributed by atoms with E-state index in [1.54, 1.807) is 0 Å².